The number of amides is 2. The molecule has 1 aromatic carbocycles. The van der Waals surface area contributed by atoms with Gasteiger partial charge < -0.3 is 11.1 Å². The number of halogens is 2. The zero-order valence-corrected chi connectivity index (χ0v) is 19.0. The Balaban J connectivity index is 1.82. The smallest absolute Gasteiger partial charge is 0.251 e. The van der Waals surface area contributed by atoms with Crippen molar-refractivity contribution in [3.05, 3.63) is 55.9 Å². The second-order valence-electron chi connectivity index (χ2n) is 8.37. The molecule has 3 N–H and O–H groups in total. The lowest BCUT2D eigenvalue weighted by Gasteiger charge is -2.33. The van der Waals surface area contributed by atoms with Crippen LogP contribution in [0.3, 0.4) is 0 Å². The van der Waals surface area contributed by atoms with Crippen LogP contribution in [0.15, 0.2) is 24.3 Å². The second-order valence-corrected chi connectivity index (χ2v) is 10.3. The van der Waals surface area contributed by atoms with Crippen LogP contribution in [0.2, 0.25) is 10.0 Å². The Hall–Kier alpha value is -1.82. The zero-order valence-electron chi connectivity index (χ0n) is 16.6. The minimum absolute atomic E-state index is 0.193. The first-order chi connectivity index (χ1) is 13.6. The van der Waals surface area contributed by atoms with Gasteiger partial charge in [0.25, 0.3) is 5.91 Å². The highest BCUT2D eigenvalue weighted by Crippen LogP contribution is 2.44. The molecule has 0 bridgehead atoms. The number of primary amides is 1. The summed E-state index contributed by atoms with van der Waals surface area (Å²) in [6.07, 6.45) is 5.71. The molecule has 1 heterocycles. The van der Waals surface area contributed by atoms with E-state index in [1.807, 2.05) is 0 Å². The summed E-state index contributed by atoms with van der Waals surface area (Å²) in [4.78, 5) is 25.7. The van der Waals surface area contributed by atoms with Crippen LogP contribution >= 0.6 is 34.5 Å². The Kier molecular flexibility index (Phi) is 6.42. The summed E-state index contributed by atoms with van der Waals surface area (Å²) in [7, 11) is 0. The third kappa shape index (κ3) is 5.03. The average molecular weight is 451 g/mol. The molecule has 0 spiro atoms. The fraction of sp³-hybridized carbons (Fsp3) is 0.364. The zero-order chi connectivity index (χ0) is 21.3. The van der Waals surface area contributed by atoms with Crippen molar-refractivity contribution in [3.8, 4) is 0 Å². The maximum Gasteiger partial charge on any atom is 0.251 e. The number of carbonyl (C=O) groups is 2. The maximum atomic E-state index is 12.5. The summed E-state index contributed by atoms with van der Waals surface area (Å²) < 4.78 is 0. The molecular weight excluding hydrogens is 427 g/mol. The highest BCUT2D eigenvalue weighted by atomic mass is 35.5. The molecule has 2 aromatic rings. The van der Waals surface area contributed by atoms with Gasteiger partial charge >= 0.3 is 0 Å². The van der Waals surface area contributed by atoms with E-state index in [1.165, 1.54) is 17.4 Å². The van der Waals surface area contributed by atoms with Crippen molar-refractivity contribution in [1.29, 1.82) is 0 Å². The highest BCUT2D eigenvalue weighted by Gasteiger charge is 2.33. The normalized spacial score (nSPS) is 16.7. The second kappa shape index (κ2) is 8.50. The van der Waals surface area contributed by atoms with E-state index in [2.05, 4.69) is 26.1 Å². The molecule has 1 aromatic heterocycles. The Labute approximate surface area is 185 Å². The first-order valence-corrected chi connectivity index (χ1v) is 11.0. The monoisotopic (exact) mass is 450 g/mol. The number of thiophene rings is 1. The van der Waals surface area contributed by atoms with Gasteiger partial charge in [-0.05, 0) is 59.9 Å². The lowest BCUT2D eigenvalue weighted by Crippen LogP contribution is -2.27. The number of fused-ring (bicyclic) bond motifs is 1. The van der Waals surface area contributed by atoms with Crippen LogP contribution in [0.4, 0.5) is 5.00 Å². The van der Waals surface area contributed by atoms with Gasteiger partial charge in [-0.15, -0.1) is 11.3 Å². The Morgan fingerprint density at radius 2 is 2.00 bits per heavy atom. The number of nitrogens with one attached hydrogen (secondary N) is 1. The number of hydrogen-bond donors (Lipinski definition) is 2. The van der Waals surface area contributed by atoms with Crippen LogP contribution in [0.1, 0.15) is 53.6 Å². The van der Waals surface area contributed by atoms with E-state index < -0.39 is 5.91 Å². The van der Waals surface area contributed by atoms with Crippen LogP contribution in [0, 0.1) is 11.3 Å². The van der Waals surface area contributed by atoms with Crippen molar-refractivity contribution in [2.24, 2.45) is 17.1 Å². The van der Waals surface area contributed by atoms with Crippen LogP contribution in [0.25, 0.3) is 6.08 Å². The van der Waals surface area contributed by atoms with Crippen LogP contribution in [-0.2, 0) is 17.6 Å². The topological polar surface area (TPSA) is 72.2 Å². The number of hydrogen-bond acceptors (Lipinski definition) is 3. The van der Waals surface area contributed by atoms with E-state index in [1.54, 1.807) is 24.3 Å². The number of carbonyl (C=O) groups excluding carboxylic acids is 2. The third-order valence-corrected chi connectivity index (χ3v) is 7.08. The molecule has 1 aliphatic carbocycles. The Morgan fingerprint density at radius 3 is 2.62 bits per heavy atom. The fourth-order valence-electron chi connectivity index (χ4n) is 3.63. The minimum atomic E-state index is -0.503. The molecule has 154 valence electrons. The van der Waals surface area contributed by atoms with Gasteiger partial charge in [0.05, 0.1) is 5.56 Å². The van der Waals surface area contributed by atoms with Crippen molar-refractivity contribution >= 4 is 57.4 Å². The molecule has 2 amide bonds. The van der Waals surface area contributed by atoms with Gasteiger partial charge in [-0.1, -0.05) is 50.0 Å². The van der Waals surface area contributed by atoms with Gasteiger partial charge in [0.1, 0.15) is 5.00 Å². The van der Waals surface area contributed by atoms with Gasteiger partial charge in [-0.2, -0.15) is 0 Å². The quantitative estimate of drug-likeness (QED) is 0.564. The van der Waals surface area contributed by atoms with Gasteiger partial charge in [-0.25, -0.2) is 0 Å². The van der Waals surface area contributed by atoms with E-state index >= 15 is 0 Å². The molecule has 1 atom stereocenters. The van der Waals surface area contributed by atoms with Crippen molar-refractivity contribution in [3.63, 3.8) is 0 Å². The van der Waals surface area contributed by atoms with Gasteiger partial charge in [-0.3, -0.25) is 9.59 Å². The molecule has 7 heteroatoms. The molecule has 0 saturated heterocycles. The van der Waals surface area contributed by atoms with Crippen LogP contribution in [0.5, 0.6) is 0 Å². The number of benzene rings is 1. The lowest BCUT2D eigenvalue weighted by molar-refractivity contribution is -0.111. The van der Waals surface area contributed by atoms with Gasteiger partial charge in [0, 0.05) is 21.0 Å². The first-order valence-electron chi connectivity index (χ1n) is 9.44. The molecule has 0 fully saturated rings. The summed E-state index contributed by atoms with van der Waals surface area (Å²) in [5.41, 5.74) is 7.96. The summed E-state index contributed by atoms with van der Waals surface area (Å²) in [5.74, 6) is -0.314. The standard InChI is InChI=1S/C22H24Cl2N2O2S/c1-22(2,3)13-6-8-15-17(10-13)29-21(19(15)20(25)28)26-18(27)9-5-12-4-7-14(23)11-16(12)24/h4-5,7,9,11,13H,6,8,10H2,1-3H3,(H2,25,28)(H,26,27). The van der Waals surface area contributed by atoms with E-state index in [4.69, 9.17) is 28.9 Å². The Morgan fingerprint density at radius 1 is 1.28 bits per heavy atom. The molecule has 29 heavy (non-hydrogen) atoms. The maximum absolute atomic E-state index is 12.5. The van der Waals surface area contributed by atoms with Crippen molar-refractivity contribution in [2.45, 2.75) is 40.0 Å². The number of anilines is 1. The summed E-state index contributed by atoms with van der Waals surface area (Å²) >= 11 is 13.5. The molecule has 1 unspecified atom stereocenters. The summed E-state index contributed by atoms with van der Waals surface area (Å²) in [6.45, 7) is 6.71. The average Bonchev–Trinajstić information content (AvgIpc) is 2.97. The van der Waals surface area contributed by atoms with Crippen LogP contribution < -0.4 is 11.1 Å². The SMILES string of the molecule is CC(C)(C)C1CCc2c(sc(NC(=O)C=Cc3ccc(Cl)cc3Cl)c2C(N)=O)C1. The largest absolute Gasteiger partial charge is 0.365 e. The van der Waals surface area contributed by atoms with Gasteiger partial charge in [0.2, 0.25) is 5.91 Å². The molecule has 0 radical (unpaired) electrons. The van der Waals surface area contributed by atoms with E-state index in [-0.39, 0.29) is 11.3 Å². The molecule has 0 aliphatic heterocycles. The summed E-state index contributed by atoms with van der Waals surface area (Å²) in [6, 6.07) is 5.06. The third-order valence-electron chi connectivity index (χ3n) is 5.35. The molecule has 3 rings (SSSR count). The van der Waals surface area contributed by atoms with E-state index in [9.17, 15) is 9.59 Å². The minimum Gasteiger partial charge on any atom is -0.365 e. The van der Waals surface area contributed by atoms with Crippen molar-refractivity contribution in [2.75, 3.05) is 5.32 Å². The first kappa shape index (κ1) is 21.9. The number of rotatable bonds is 4. The molecule has 0 saturated carbocycles. The molecule has 1 aliphatic rings. The van der Waals surface area contributed by atoms with Gasteiger partial charge in [0.15, 0.2) is 0 Å². The fourth-order valence-corrected chi connectivity index (χ4v) is 5.44. The van der Waals surface area contributed by atoms with E-state index in [0.717, 1.165) is 29.7 Å². The Bertz CT molecular complexity index is 989. The molecule has 4 nitrogen and oxygen atoms in total. The lowest BCUT2D eigenvalue weighted by atomic mass is 9.72. The van der Waals surface area contributed by atoms with Crippen LogP contribution in [-0.4, -0.2) is 11.8 Å². The highest BCUT2D eigenvalue weighted by molar-refractivity contribution is 7.17. The van der Waals surface area contributed by atoms with Crippen molar-refractivity contribution < 1.29 is 9.59 Å². The number of nitrogens with two attached hydrogens (primary N) is 1. The summed E-state index contributed by atoms with van der Waals surface area (Å²) in [5, 5.41) is 4.33. The molecular formula is C22H24Cl2N2O2S. The predicted octanol–water partition coefficient (Wildman–Crippen LogP) is 5.96. The van der Waals surface area contributed by atoms with E-state index in [0.29, 0.717) is 32.1 Å². The van der Waals surface area contributed by atoms with Crippen molar-refractivity contribution in [1.82, 2.24) is 0 Å². The predicted molar refractivity (Wildman–Crippen MR) is 122 cm³/mol.